The van der Waals surface area contributed by atoms with Crippen LogP contribution in [0.25, 0.3) is 0 Å². The minimum atomic E-state index is -0.517. The van der Waals surface area contributed by atoms with E-state index in [0.29, 0.717) is 12.3 Å². The largest absolute Gasteiger partial charge is 0.492 e. The summed E-state index contributed by atoms with van der Waals surface area (Å²) in [5.41, 5.74) is 0.396. The molecule has 0 aliphatic heterocycles. The zero-order chi connectivity index (χ0) is 17.5. The van der Waals surface area contributed by atoms with E-state index in [0.717, 1.165) is 18.8 Å². The summed E-state index contributed by atoms with van der Waals surface area (Å²) in [6.45, 7) is 14.3. The molecule has 5 heteroatoms. The van der Waals surface area contributed by atoms with Crippen molar-refractivity contribution in [2.24, 2.45) is 5.41 Å². The van der Waals surface area contributed by atoms with E-state index in [4.69, 9.17) is 9.47 Å². The fourth-order valence-electron chi connectivity index (χ4n) is 1.79. The molecule has 130 valence electrons. The first kappa shape index (κ1) is 19.3. The zero-order valence-corrected chi connectivity index (χ0v) is 15.2. The molecule has 0 radical (unpaired) electrons. The van der Waals surface area contributed by atoms with Gasteiger partial charge in [-0.2, -0.15) is 0 Å². The number of carbonyl (C=O) groups is 1. The van der Waals surface area contributed by atoms with Crippen molar-refractivity contribution in [2.75, 3.05) is 25.0 Å². The Morgan fingerprint density at radius 1 is 1.13 bits per heavy atom. The SMILES string of the molecule is CC(C)(C)CNCCOc1cccc(NC(=O)OC(C)(C)C)c1. The van der Waals surface area contributed by atoms with Crippen molar-refractivity contribution in [1.29, 1.82) is 0 Å². The molecule has 0 spiro atoms. The lowest BCUT2D eigenvalue weighted by molar-refractivity contribution is 0.0636. The number of carbonyl (C=O) groups excluding carboxylic acids is 1. The fourth-order valence-corrected chi connectivity index (χ4v) is 1.79. The Kier molecular flexibility index (Phi) is 6.88. The van der Waals surface area contributed by atoms with Gasteiger partial charge in [-0.25, -0.2) is 4.79 Å². The van der Waals surface area contributed by atoms with Gasteiger partial charge in [0.1, 0.15) is 18.0 Å². The molecule has 5 nitrogen and oxygen atoms in total. The van der Waals surface area contributed by atoms with E-state index < -0.39 is 11.7 Å². The molecule has 0 aliphatic carbocycles. The number of ether oxygens (including phenoxy) is 2. The standard InChI is InChI=1S/C18H30N2O3/c1-17(2,3)13-19-10-11-22-15-9-7-8-14(12-15)20-16(21)23-18(4,5)6/h7-9,12,19H,10-11,13H2,1-6H3,(H,20,21). The number of rotatable bonds is 6. The smallest absolute Gasteiger partial charge is 0.412 e. The van der Waals surface area contributed by atoms with Crippen LogP contribution in [0, 0.1) is 5.41 Å². The van der Waals surface area contributed by atoms with Crippen LogP contribution in [-0.4, -0.2) is 31.4 Å². The normalized spacial score (nSPS) is 11.9. The summed E-state index contributed by atoms with van der Waals surface area (Å²) in [4.78, 5) is 11.7. The van der Waals surface area contributed by atoms with Gasteiger partial charge in [0.2, 0.25) is 0 Å². The Bertz CT molecular complexity index is 502. The summed E-state index contributed by atoms with van der Waals surface area (Å²) >= 11 is 0. The van der Waals surface area contributed by atoms with Gasteiger partial charge in [0, 0.05) is 24.8 Å². The van der Waals surface area contributed by atoms with E-state index in [1.165, 1.54) is 0 Å². The third-order valence-corrected chi connectivity index (χ3v) is 2.68. The average molecular weight is 322 g/mol. The van der Waals surface area contributed by atoms with Crippen molar-refractivity contribution in [2.45, 2.75) is 47.1 Å². The number of hydrogen-bond donors (Lipinski definition) is 2. The second-order valence-electron chi connectivity index (χ2n) is 7.74. The molecule has 0 heterocycles. The van der Waals surface area contributed by atoms with Crippen LogP contribution in [0.1, 0.15) is 41.5 Å². The van der Waals surface area contributed by atoms with Crippen LogP contribution in [0.2, 0.25) is 0 Å². The molecular formula is C18H30N2O3. The molecule has 2 N–H and O–H groups in total. The Balaban J connectivity index is 2.40. The summed E-state index contributed by atoms with van der Waals surface area (Å²) < 4.78 is 10.9. The second kappa shape index (κ2) is 8.20. The molecule has 0 saturated carbocycles. The van der Waals surface area contributed by atoms with Gasteiger partial charge in [0.15, 0.2) is 0 Å². The molecule has 0 unspecified atom stereocenters. The third kappa shape index (κ3) is 9.79. The quantitative estimate of drug-likeness (QED) is 0.776. The Labute approximate surface area is 139 Å². The highest BCUT2D eigenvalue weighted by molar-refractivity contribution is 5.85. The lowest BCUT2D eigenvalue weighted by atomic mass is 9.97. The summed E-state index contributed by atoms with van der Waals surface area (Å²) in [5, 5.41) is 6.06. The number of nitrogens with one attached hydrogen (secondary N) is 2. The summed E-state index contributed by atoms with van der Waals surface area (Å²) in [5.74, 6) is 0.719. The van der Waals surface area contributed by atoms with Crippen LogP contribution in [0.3, 0.4) is 0 Å². The molecular weight excluding hydrogens is 292 g/mol. The van der Waals surface area contributed by atoms with Gasteiger partial charge in [0.25, 0.3) is 0 Å². The number of anilines is 1. The molecule has 1 aromatic rings. The predicted molar refractivity (Wildman–Crippen MR) is 94.1 cm³/mol. The van der Waals surface area contributed by atoms with Gasteiger partial charge < -0.3 is 14.8 Å². The van der Waals surface area contributed by atoms with Crippen LogP contribution in [0.4, 0.5) is 10.5 Å². The van der Waals surface area contributed by atoms with Crippen molar-refractivity contribution < 1.29 is 14.3 Å². The Morgan fingerprint density at radius 2 is 1.83 bits per heavy atom. The third-order valence-electron chi connectivity index (χ3n) is 2.68. The van der Waals surface area contributed by atoms with E-state index >= 15 is 0 Å². The minimum Gasteiger partial charge on any atom is -0.492 e. The molecule has 1 aromatic carbocycles. The summed E-state index contributed by atoms with van der Waals surface area (Å²) in [6.07, 6.45) is -0.471. The monoisotopic (exact) mass is 322 g/mol. The number of hydrogen-bond acceptors (Lipinski definition) is 4. The van der Waals surface area contributed by atoms with Crippen LogP contribution in [0.5, 0.6) is 5.75 Å². The molecule has 0 fully saturated rings. The molecule has 1 rings (SSSR count). The molecule has 23 heavy (non-hydrogen) atoms. The van der Waals surface area contributed by atoms with Gasteiger partial charge in [-0.3, -0.25) is 5.32 Å². The number of benzene rings is 1. The number of amides is 1. The van der Waals surface area contributed by atoms with E-state index in [1.807, 2.05) is 32.9 Å². The maximum Gasteiger partial charge on any atom is 0.412 e. The van der Waals surface area contributed by atoms with Crippen LogP contribution in [0.15, 0.2) is 24.3 Å². The van der Waals surface area contributed by atoms with Gasteiger partial charge in [-0.15, -0.1) is 0 Å². The van der Waals surface area contributed by atoms with Gasteiger partial charge >= 0.3 is 6.09 Å². The molecule has 0 bridgehead atoms. The Hall–Kier alpha value is -1.75. The lowest BCUT2D eigenvalue weighted by Crippen LogP contribution is -2.30. The molecule has 0 aliphatic rings. The summed E-state index contributed by atoms with van der Waals surface area (Å²) in [6, 6.07) is 7.29. The van der Waals surface area contributed by atoms with E-state index in [-0.39, 0.29) is 5.41 Å². The van der Waals surface area contributed by atoms with Crippen molar-refractivity contribution in [3.05, 3.63) is 24.3 Å². The first-order valence-electron chi connectivity index (χ1n) is 7.99. The maximum atomic E-state index is 11.7. The van der Waals surface area contributed by atoms with Crippen LogP contribution < -0.4 is 15.4 Å². The van der Waals surface area contributed by atoms with E-state index in [1.54, 1.807) is 12.1 Å². The van der Waals surface area contributed by atoms with E-state index in [2.05, 4.69) is 31.4 Å². The maximum absolute atomic E-state index is 11.7. The van der Waals surface area contributed by atoms with Crippen molar-refractivity contribution in [3.8, 4) is 5.75 Å². The van der Waals surface area contributed by atoms with Crippen molar-refractivity contribution in [3.63, 3.8) is 0 Å². The van der Waals surface area contributed by atoms with Gasteiger partial charge in [-0.05, 0) is 38.3 Å². The zero-order valence-electron chi connectivity index (χ0n) is 15.2. The predicted octanol–water partition coefficient (Wildman–Crippen LogP) is 4.05. The topological polar surface area (TPSA) is 59.6 Å². The first-order chi connectivity index (χ1) is 10.6. The summed E-state index contributed by atoms with van der Waals surface area (Å²) in [7, 11) is 0. The highest BCUT2D eigenvalue weighted by Crippen LogP contribution is 2.18. The Morgan fingerprint density at radius 3 is 2.43 bits per heavy atom. The molecule has 0 aromatic heterocycles. The minimum absolute atomic E-state index is 0.261. The van der Waals surface area contributed by atoms with Crippen LogP contribution >= 0.6 is 0 Å². The van der Waals surface area contributed by atoms with Gasteiger partial charge in [-0.1, -0.05) is 26.8 Å². The average Bonchev–Trinajstić information content (AvgIpc) is 2.35. The highest BCUT2D eigenvalue weighted by atomic mass is 16.6. The van der Waals surface area contributed by atoms with Crippen molar-refractivity contribution in [1.82, 2.24) is 5.32 Å². The lowest BCUT2D eigenvalue weighted by Gasteiger charge is -2.20. The molecule has 0 saturated heterocycles. The first-order valence-corrected chi connectivity index (χ1v) is 7.99. The second-order valence-corrected chi connectivity index (χ2v) is 7.74. The fraction of sp³-hybridized carbons (Fsp3) is 0.611. The van der Waals surface area contributed by atoms with E-state index in [9.17, 15) is 4.79 Å². The van der Waals surface area contributed by atoms with Crippen LogP contribution in [-0.2, 0) is 4.74 Å². The molecule has 0 atom stereocenters. The van der Waals surface area contributed by atoms with Gasteiger partial charge in [0.05, 0.1) is 0 Å². The highest BCUT2D eigenvalue weighted by Gasteiger charge is 2.16. The molecule has 1 amide bonds. The van der Waals surface area contributed by atoms with Crippen molar-refractivity contribution >= 4 is 11.8 Å².